The van der Waals surface area contributed by atoms with Gasteiger partial charge in [0.15, 0.2) is 6.04 Å². The summed E-state index contributed by atoms with van der Waals surface area (Å²) in [6.45, 7) is 3.02. The second kappa shape index (κ2) is 7.22. The Hall–Kier alpha value is -1.44. The lowest BCUT2D eigenvalue weighted by atomic mass is 10.2. The zero-order valence-corrected chi connectivity index (χ0v) is 11.6. The maximum atomic E-state index is 11.7. The number of carbonyl (C=O) groups is 1. The number of hydrogen-bond donors (Lipinski definition) is 2. The molecular formula is C12H17NO5S. The van der Waals surface area contributed by atoms with Crippen molar-refractivity contribution >= 4 is 22.9 Å². The Bertz CT molecular complexity index is 448. The highest BCUT2D eigenvalue weighted by atomic mass is 32.2. The highest BCUT2D eigenvalue weighted by molar-refractivity contribution is 7.80. The van der Waals surface area contributed by atoms with Gasteiger partial charge in [-0.1, -0.05) is 17.7 Å². The molecule has 7 heteroatoms. The van der Waals surface area contributed by atoms with Gasteiger partial charge < -0.3 is 9.84 Å². The van der Waals surface area contributed by atoms with Crippen molar-refractivity contribution in [3.63, 3.8) is 0 Å². The summed E-state index contributed by atoms with van der Waals surface area (Å²) in [6, 6.07) is 5.48. The summed E-state index contributed by atoms with van der Waals surface area (Å²) in [5, 5.41) is 9.27. The first-order valence-corrected chi connectivity index (χ1v) is 6.82. The van der Waals surface area contributed by atoms with Gasteiger partial charge in [0, 0.05) is 0 Å². The summed E-state index contributed by atoms with van der Waals surface area (Å²) in [6.07, 6.45) is 0. The van der Waals surface area contributed by atoms with E-state index in [-0.39, 0.29) is 6.61 Å². The lowest BCUT2D eigenvalue weighted by molar-refractivity contribution is -0.145. The molecule has 0 saturated carbocycles. The van der Waals surface area contributed by atoms with Crippen LogP contribution in [0.4, 0.5) is 5.69 Å². The molecule has 0 bridgehead atoms. The lowest BCUT2D eigenvalue weighted by Crippen LogP contribution is -2.45. The predicted molar refractivity (Wildman–Crippen MR) is 71.9 cm³/mol. The number of aliphatic hydroxyl groups is 1. The number of esters is 1. The quantitative estimate of drug-likeness (QED) is 0.598. The molecule has 0 heterocycles. The zero-order chi connectivity index (χ0) is 14.4. The first-order chi connectivity index (χ1) is 9.01. The highest BCUT2D eigenvalue weighted by Gasteiger charge is 2.30. The van der Waals surface area contributed by atoms with Gasteiger partial charge in [-0.3, -0.25) is 8.86 Å². The number of rotatable bonds is 6. The van der Waals surface area contributed by atoms with Crippen molar-refractivity contribution in [3.8, 4) is 0 Å². The van der Waals surface area contributed by atoms with Gasteiger partial charge in [-0.15, -0.1) is 0 Å². The van der Waals surface area contributed by atoms with Gasteiger partial charge in [-0.25, -0.2) is 9.00 Å². The van der Waals surface area contributed by atoms with E-state index in [4.69, 9.17) is 4.74 Å². The Balaban J connectivity index is 3.08. The molecule has 1 rings (SSSR count). The normalized spacial score (nSPS) is 13.7. The molecule has 0 spiro atoms. The standard InChI is InChI=1S/C12H17NO5S/c1-3-18-12(15)11(8-14)13(19(16)17)10-6-4-9(2)5-7-10/h4-7,11,14H,3,8H2,1-2H3,(H,16,17)/t11-/m0/s1. The molecule has 0 amide bonds. The maximum Gasteiger partial charge on any atom is 0.332 e. The summed E-state index contributed by atoms with van der Waals surface area (Å²) >= 11 is -2.44. The molecule has 2 N–H and O–H groups in total. The van der Waals surface area contributed by atoms with E-state index in [1.54, 1.807) is 31.2 Å². The van der Waals surface area contributed by atoms with Gasteiger partial charge in [0.1, 0.15) is 0 Å². The molecule has 0 aliphatic heterocycles. The van der Waals surface area contributed by atoms with Crippen molar-refractivity contribution in [1.29, 1.82) is 0 Å². The molecule has 0 aromatic heterocycles. The largest absolute Gasteiger partial charge is 0.464 e. The number of hydrogen-bond acceptors (Lipinski definition) is 4. The van der Waals surface area contributed by atoms with E-state index in [9.17, 15) is 18.7 Å². The Kier molecular flexibility index (Phi) is 5.94. The summed E-state index contributed by atoms with van der Waals surface area (Å²) in [5.74, 6) is -0.743. The molecule has 6 nitrogen and oxygen atoms in total. The van der Waals surface area contributed by atoms with Crippen LogP contribution in [0.1, 0.15) is 12.5 Å². The van der Waals surface area contributed by atoms with Crippen LogP contribution in [0.25, 0.3) is 0 Å². The Morgan fingerprint density at radius 1 is 1.42 bits per heavy atom. The first-order valence-electron chi connectivity index (χ1n) is 5.75. The van der Waals surface area contributed by atoms with Gasteiger partial charge in [0.05, 0.1) is 18.9 Å². The van der Waals surface area contributed by atoms with Gasteiger partial charge >= 0.3 is 5.97 Å². The van der Waals surface area contributed by atoms with Crippen molar-refractivity contribution in [2.75, 3.05) is 17.5 Å². The van der Waals surface area contributed by atoms with Crippen molar-refractivity contribution in [1.82, 2.24) is 0 Å². The van der Waals surface area contributed by atoms with Crippen molar-refractivity contribution in [2.24, 2.45) is 0 Å². The lowest BCUT2D eigenvalue weighted by Gasteiger charge is -2.26. The minimum Gasteiger partial charge on any atom is -0.464 e. The predicted octanol–water partition coefficient (Wildman–Crippen LogP) is 0.862. The summed E-state index contributed by atoms with van der Waals surface area (Å²) in [7, 11) is 0. The summed E-state index contributed by atoms with van der Waals surface area (Å²) in [4.78, 5) is 11.7. The number of carbonyl (C=O) groups excluding carboxylic acids is 1. The van der Waals surface area contributed by atoms with Crippen LogP contribution in [0.15, 0.2) is 24.3 Å². The smallest absolute Gasteiger partial charge is 0.332 e. The molecular weight excluding hydrogens is 270 g/mol. The van der Waals surface area contributed by atoms with E-state index in [0.717, 1.165) is 9.87 Å². The second-order valence-electron chi connectivity index (χ2n) is 3.84. The number of benzene rings is 1. The Morgan fingerprint density at radius 2 is 2.00 bits per heavy atom. The molecule has 0 fully saturated rings. The van der Waals surface area contributed by atoms with E-state index in [1.165, 1.54) is 0 Å². The molecule has 106 valence electrons. The van der Waals surface area contributed by atoms with Crippen LogP contribution in [-0.4, -0.2) is 39.1 Å². The fourth-order valence-corrected chi connectivity index (χ4v) is 2.23. The molecule has 19 heavy (non-hydrogen) atoms. The van der Waals surface area contributed by atoms with Crippen molar-refractivity contribution in [3.05, 3.63) is 29.8 Å². The Morgan fingerprint density at radius 3 is 2.42 bits per heavy atom. The van der Waals surface area contributed by atoms with Crippen molar-refractivity contribution < 1.29 is 23.4 Å². The molecule has 1 aromatic carbocycles. The highest BCUT2D eigenvalue weighted by Crippen LogP contribution is 2.20. The van der Waals surface area contributed by atoms with Gasteiger partial charge in [-0.2, -0.15) is 0 Å². The van der Waals surface area contributed by atoms with E-state index in [0.29, 0.717) is 5.69 Å². The average molecular weight is 287 g/mol. The number of anilines is 1. The minimum absolute atomic E-state index is 0.134. The molecule has 2 atom stereocenters. The third-order valence-electron chi connectivity index (χ3n) is 2.47. The first kappa shape index (κ1) is 15.6. The van der Waals surface area contributed by atoms with Crippen LogP contribution in [0.2, 0.25) is 0 Å². The number of aliphatic hydroxyl groups excluding tert-OH is 1. The summed E-state index contributed by atoms with van der Waals surface area (Å²) < 4.78 is 26.4. The number of aryl methyl sites for hydroxylation is 1. The average Bonchev–Trinajstić information content (AvgIpc) is 2.37. The van der Waals surface area contributed by atoms with Gasteiger partial charge in [0.2, 0.25) is 0 Å². The van der Waals surface area contributed by atoms with Crippen LogP contribution in [0.3, 0.4) is 0 Å². The third kappa shape index (κ3) is 4.02. The number of ether oxygens (including phenoxy) is 1. The van der Waals surface area contributed by atoms with Crippen LogP contribution in [0, 0.1) is 6.92 Å². The van der Waals surface area contributed by atoms with E-state index in [1.807, 2.05) is 6.92 Å². The molecule has 0 radical (unpaired) electrons. The fraction of sp³-hybridized carbons (Fsp3) is 0.417. The zero-order valence-electron chi connectivity index (χ0n) is 10.8. The minimum atomic E-state index is -2.44. The Labute approximate surface area is 114 Å². The van der Waals surface area contributed by atoms with Crippen LogP contribution in [0.5, 0.6) is 0 Å². The summed E-state index contributed by atoms with van der Waals surface area (Å²) in [5.41, 5.74) is 1.34. The van der Waals surface area contributed by atoms with Gasteiger partial charge in [-0.05, 0) is 26.0 Å². The molecule has 1 aromatic rings. The van der Waals surface area contributed by atoms with Gasteiger partial charge in [0.25, 0.3) is 11.3 Å². The maximum absolute atomic E-state index is 11.7. The van der Waals surface area contributed by atoms with Crippen molar-refractivity contribution in [2.45, 2.75) is 19.9 Å². The SMILES string of the molecule is CCOC(=O)[C@H](CO)N(c1ccc(C)cc1)S(=O)O. The topological polar surface area (TPSA) is 87.1 Å². The van der Waals surface area contributed by atoms with Crippen LogP contribution < -0.4 is 4.31 Å². The molecule has 0 aliphatic rings. The van der Waals surface area contributed by atoms with E-state index >= 15 is 0 Å². The second-order valence-corrected chi connectivity index (χ2v) is 4.70. The van der Waals surface area contributed by atoms with E-state index < -0.39 is 29.9 Å². The van der Waals surface area contributed by atoms with Crippen LogP contribution in [-0.2, 0) is 20.8 Å². The fourth-order valence-electron chi connectivity index (χ4n) is 1.55. The third-order valence-corrected chi connectivity index (χ3v) is 3.27. The van der Waals surface area contributed by atoms with Crippen LogP contribution >= 0.6 is 0 Å². The molecule has 0 saturated heterocycles. The molecule has 0 aliphatic carbocycles. The molecule has 1 unspecified atom stereocenters. The van der Waals surface area contributed by atoms with E-state index in [2.05, 4.69) is 0 Å². The monoisotopic (exact) mass is 287 g/mol. The number of nitrogens with zero attached hydrogens (tertiary/aromatic N) is 1.